The fourth-order valence-corrected chi connectivity index (χ4v) is 5.21. The number of methoxy groups -OCH3 is 1. The molecule has 168 valence electrons. The summed E-state index contributed by atoms with van der Waals surface area (Å²) in [5, 5.41) is -0.585. The van der Waals surface area contributed by atoms with Gasteiger partial charge in [0.1, 0.15) is 11.0 Å². The number of carbonyl (C=O) groups is 1. The van der Waals surface area contributed by atoms with Crippen molar-refractivity contribution >= 4 is 15.7 Å². The van der Waals surface area contributed by atoms with Crippen molar-refractivity contribution in [3.63, 3.8) is 0 Å². The molecule has 1 heterocycles. The summed E-state index contributed by atoms with van der Waals surface area (Å²) < 4.78 is 30.9. The van der Waals surface area contributed by atoms with Crippen LogP contribution in [0.15, 0.2) is 47.4 Å². The van der Waals surface area contributed by atoms with Gasteiger partial charge in [0.2, 0.25) is 0 Å². The summed E-state index contributed by atoms with van der Waals surface area (Å²) >= 11 is 0. The second kappa shape index (κ2) is 7.97. The highest BCUT2D eigenvalue weighted by Crippen LogP contribution is 2.32. The van der Waals surface area contributed by atoms with E-state index in [1.165, 1.54) is 0 Å². The van der Waals surface area contributed by atoms with E-state index in [-0.39, 0.29) is 34.7 Å². The second-order valence-electron chi connectivity index (χ2n) is 10.4. The molecule has 1 amide bonds. The molecular formula is C25H33NO4S. The van der Waals surface area contributed by atoms with E-state index < -0.39 is 15.1 Å². The molecule has 1 aliphatic heterocycles. The molecule has 0 N–H and O–H groups in total. The van der Waals surface area contributed by atoms with Crippen LogP contribution in [0, 0.1) is 0 Å². The average Bonchev–Trinajstić information content (AvgIpc) is 2.64. The molecule has 2 aromatic rings. The number of rotatable bonds is 4. The van der Waals surface area contributed by atoms with Gasteiger partial charge in [0.25, 0.3) is 5.91 Å². The Labute approximate surface area is 186 Å². The van der Waals surface area contributed by atoms with E-state index in [0.29, 0.717) is 11.3 Å². The average molecular weight is 444 g/mol. The largest absolute Gasteiger partial charge is 0.497 e. The summed E-state index contributed by atoms with van der Waals surface area (Å²) in [5.74, 6) is 0.496. The molecule has 2 aromatic carbocycles. The molecule has 0 atom stereocenters. The Kier molecular flexibility index (Phi) is 6.00. The minimum atomic E-state index is -3.49. The summed E-state index contributed by atoms with van der Waals surface area (Å²) in [5.41, 5.74) is 2.65. The van der Waals surface area contributed by atoms with Crippen LogP contribution in [-0.2, 0) is 20.7 Å². The van der Waals surface area contributed by atoms with Crippen molar-refractivity contribution in [2.24, 2.45) is 0 Å². The van der Waals surface area contributed by atoms with Crippen LogP contribution in [0.25, 0.3) is 0 Å². The zero-order chi connectivity index (χ0) is 23.2. The first-order chi connectivity index (χ1) is 14.2. The van der Waals surface area contributed by atoms with Gasteiger partial charge in [-0.1, -0.05) is 47.6 Å². The maximum atomic E-state index is 13.2. The molecule has 0 aromatic heterocycles. The van der Waals surface area contributed by atoms with Gasteiger partial charge in [-0.2, -0.15) is 0 Å². The predicted molar refractivity (Wildman–Crippen MR) is 124 cm³/mol. The van der Waals surface area contributed by atoms with Crippen molar-refractivity contribution in [1.82, 2.24) is 4.90 Å². The van der Waals surface area contributed by atoms with Gasteiger partial charge < -0.3 is 9.64 Å². The lowest BCUT2D eigenvalue weighted by Crippen LogP contribution is -2.56. The van der Waals surface area contributed by atoms with Crippen LogP contribution in [0.3, 0.4) is 0 Å². The smallest absolute Gasteiger partial charge is 0.253 e. The van der Waals surface area contributed by atoms with Crippen LogP contribution in [0.5, 0.6) is 5.75 Å². The van der Waals surface area contributed by atoms with Gasteiger partial charge in [-0.25, -0.2) is 8.42 Å². The van der Waals surface area contributed by atoms with Crippen LogP contribution in [0.4, 0.5) is 0 Å². The van der Waals surface area contributed by atoms with Crippen LogP contribution < -0.4 is 4.74 Å². The third-order valence-corrected chi connectivity index (χ3v) is 7.98. The Morgan fingerprint density at radius 1 is 0.903 bits per heavy atom. The third kappa shape index (κ3) is 4.79. The van der Waals surface area contributed by atoms with Crippen LogP contribution in [0.2, 0.25) is 0 Å². The fourth-order valence-electron chi connectivity index (χ4n) is 3.56. The predicted octanol–water partition coefficient (Wildman–Crippen LogP) is 4.59. The van der Waals surface area contributed by atoms with E-state index in [4.69, 9.17) is 4.74 Å². The van der Waals surface area contributed by atoms with Crippen molar-refractivity contribution in [3.05, 3.63) is 59.2 Å². The lowest BCUT2D eigenvalue weighted by Gasteiger charge is -2.39. The molecule has 31 heavy (non-hydrogen) atoms. The molecule has 0 radical (unpaired) electrons. The summed E-state index contributed by atoms with van der Waals surface area (Å²) in [7, 11) is -1.95. The zero-order valence-corrected chi connectivity index (χ0v) is 20.3. The number of hydrogen-bond donors (Lipinski definition) is 0. The summed E-state index contributed by atoms with van der Waals surface area (Å²) in [4.78, 5) is 15.1. The normalized spacial score (nSPS) is 15.5. The van der Waals surface area contributed by atoms with E-state index >= 15 is 0 Å². The highest BCUT2D eigenvalue weighted by molar-refractivity contribution is 7.92. The number of amides is 1. The van der Waals surface area contributed by atoms with Crippen LogP contribution in [0.1, 0.15) is 63.0 Å². The Morgan fingerprint density at radius 2 is 1.39 bits per heavy atom. The molecule has 0 bridgehead atoms. The first kappa shape index (κ1) is 23.3. The van der Waals surface area contributed by atoms with E-state index in [1.807, 2.05) is 12.1 Å². The van der Waals surface area contributed by atoms with Crippen LogP contribution in [-0.4, -0.2) is 44.7 Å². The van der Waals surface area contributed by atoms with Gasteiger partial charge in [0, 0.05) is 18.7 Å². The summed E-state index contributed by atoms with van der Waals surface area (Å²) in [6.45, 7) is 13.2. The minimum Gasteiger partial charge on any atom is -0.497 e. The number of carbonyl (C=O) groups excluding carboxylic acids is 1. The molecule has 1 fully saturated rings. The highest BCUT2D eigenvalue weighted by Gasteiger charge is 2.41. The Bertz CT molecular complexity index is 1040. The van der Waals surface area contributed by atoms with E-state index in [9.17, 15) is 13.2 Å². The van der Waals surface area contributed by atoms with Gasteiger partial charge in [-0.3, -0.25) is 4.79 Å². The molecule has 0 spiro atoms. The Morgan fingerprint density at radius 3 is 1.81 bits per heavy atom. The van der Waals surface area contributed by atoms with Crippen molar-refractivity contribution in [1.29, 1.82) is 0 Å². The second-order valence-corrected chi connectivity index (χ2v) is 12.6. The summed E-state index contributed by atoms with van der Waals surface area (Å²) in [6.07, 6.45) is 0. The van der Waals surface area contributed by atoms with Gasteiger partial charge in [-0.05, 0) is 58.4 Å². The third-order valence-electron chi connectivity index (χ3n) is 5.87. The Hall–Kier alpha value is -2.34. The molecule has 1 saturated heterocycles. The molecule has 0 unspecified atom stereocenters. The SMILES string of the molecule is COc1ccc(S(=O)(=O)C2CN(C(=O)c3cc(C(C)(C)C)cc(C(C)(C)C)c3)C2)cc1. The monoisotopic (exact) mass is 443 g/mol. The number of likely N-dealkylation sites (tertiary alicyclic amines) is 1. The standard InChI is InChI=1S/C25H33NO4S/c1-24(2,3)18-12-17(13-19(14-18)25(4,5)6)23(27)26-15-22(16-26)31(28,29)21-10-8-20(30-7)9-11-21/h8-14,22H,15-16H2,1-7H3. The van der Waals surface area contributed by atoms with Gasteiger partial charge in [0.15, 0.2) is 9.84 Å². The van der Waals surface area contributed by atoms with Crippen molar-refractivity contribution in [2.45, 2.75) is 62.5 Å². The molecule has 0 aliphatic carbocycles. The lowest BCUT2D eigenvalue weighted by molar-refractivity contribution is 0.0658. The maximum absolute atomic E-state index is 13.2. The molecular weight excluding hydrogens is 410 g/mol. The van der Waals surface area contributed by atoms with E-state index in [2.05, 4.69) is 47.6 Å². The molecule has 6 heteroatoms. The number of benzene rings is 2. The Balaban J connectivity index is 1.81. The summed E-state index contributed by atoms with van der Waals surface area (Å²) in [6, 6.07) is 12.5. The van der Waals surface area contributed by atoms with Crippen molar-refractivity contribution in [2.75, 3.05) is 20.2 Å². The molecule has 3 rings (SSSR count). The lowest BCUT2D eigenvalue weighted by atomic mass is 9.79. The van der Waals surface area contributed by atoms with Crippen molar-refractivity contribution < 1.29 is 17.9 Å². The van der Waals surface area contributed by atoms with Gasteiger partial charge in [0.05, 0.1) is 12.0 Å². The topological polar surface area (TPSA) is 63.7 Å². The number of sulfone groups is 1. The first-order valence-corrected chi connectivity index (χ1v) is 12.1. The fraction of sp³-hybridized carbons (Fsp3) is 0.480. The number of hydrogen-bond acceptors (Lipinski definition) is 4. The van der Waals surface area contributed by atoms with E-state index in [1.54, 1.807) is 36.3 Å². The van der Waals surface area contributed by atoms with Crippen LogP contribution >= 0.6 is 0 Å². The highest BCUT2D eigenvalue weighted by atomic mass is 32.2. The van der Waals surface area contributed by atoms with Gasteiger partial charge in [-0.15, -0.1) is 0 Å². The quantitative estimate of drug-likeness (QED) is 0.693. The molecule has 5 nitrogen and oxygen atoms in total. The minimum absolute atomic E-state index is 0.0918. The number of ether oxygens (including phenoxy) is 1. The first-order valence-electron chi connectivity index (χ1n) is 10.6. The van der Waals surface area contributed by atoms with Crippen molar-refractivity contribution in [3.8, 4) is 5.75 Å². The molecule has 1 aliphatic rings. The molecule has 0 saturated carbocycles. The zero-order valence-electron chi connectivity index (χ0n) is 19.5. The van der Waals surface area contributed by atoms with Gasteiger partial charge >= 0.3 is 0 Å². The number of nitrogens with zero attached hydrogens (tertiary/aromatic N) is 1. The van der Waals surface area contributed by atoms with E-state index in [0.717, 1.165) is 11.1 Å². The maximum Gasteiger partial charge on any atom is 0.253 e.